The normalized spacial score (nSPS) is 16.8. The molecule has 0 saturated carbocycles. The number of rotatable bonds is 6. The molecule has 1 atom stereocenters. The van der Waals surface area contributed by atoms with Gasteiger partial charge in [-0.15, -0.1) is 11.3 Å². The Balaban J connectivity index is 1.65. The van der Waals surface area contributed by atoms with Crippen LogP contribution in [-0.2, 0) is 22.6 Å². The lowest BCUT2D eigenvalue weighted by molar-refractivity contribution is -0.132. The first-order chi connectivity index (χ1) is 12.1. The molecular formula is C19H23N3O2S. The van der Waals surface area contributed by atoms with E-state index in [1.165, 1.54) is 11.8 Å². The van der Waals surface area contributed by atoms with Crippen LogP contribution in [0.3, 0.4) is 0 Å². The molecule has 1 saturated heterocycles. The number of thiophene rings is 1. The van der Waals surface area contributed by atoms with E-state index in [1.807, 2.05) is 28.5 Å². The second-order valence-electron chi connectivity index (χ2n) is 6.31. The molecule has 0 bridgehead atoms. The second-order valence-corrected chi connectivity index (χ2v) is 7.35. The predicted octanol–water partition coefficient (Wildman–Crippen LogP) is 3.08. The van der Waals surface area contributed by atoms with Crippen molar-refractivity contribution in [1.29, 1.82) is 0 Å². The molecule has 25 heavy (non-hydrogen) atoms. The summed E-state index contributed by atoms with van der Waals surface area (Å²) in [6.45, 7) is 2.73. The third-order valence-corrected chi connectivity index (χ3v) is 5.42. The summed E-state index contributed by atoms with van der Waals surface area (Å²) in [4.78, 5) is 31.3. The van der Waals surface area contributed by atoms with Gasteiger partial charge in [-0.2, -0.15) is 0 Å². The number of carbonyl (C=O) groups excluding carboxylic acids is 2. The SMILES string of the molecule is CC(=O)NCc1cc(C2CCCN2C(=O)CCc2cccs2)ccn1. The summed E-state index contributed by atoms with van der Waals surface area (Å²) in [5.41, 5.74) is 1.93. The Hall–Kier alpha value is -2.21. The number of nitrogens with one attached hydrogen (secondary N) is 1. The van der Waals surface area contributed by atoms with Gasteiger partial charge >= 0.3 is 0 Å². The van der Waals surface area contributed by atoms with Crippen molar-refractivity contribution in [3.05, 3.63) is 52.0 Å². The van der Waals surface area contributed by atoms with Crippen LogP contribution in [0.15, 0.2) is 35.8 Å². The van der Waals surface area contributed by atoms with Gasteiger partial charge in [0.05, 0.1) is 18.3 Å². The highest BCUT2D eigenvalue weighted by atomic mass is 32.1. The van der Waals surface area contributed by atoms with Crippen LogP contribution >= 0.6 is 11.3 Å². The van der Waals surface area contributed by atoms with Crippen molar-refractivity contribution in [2.24, 2.45) is 0 Å². The second kappa shape index (κ2) is 8.25. The average molecular weight is 357 g/mol. The highest BCUT2D eigenvalue weighted by molar-refractivity contribution is 7.09. The van der Waals surface area contributed by atoms with Crippen LogP contribution in [0, 0.1) is 0 Å². The number of likely N-dealkylation sites (tertiary alicyclic amines) is 1. The Labute approximate surface area is 152 Å². The maximum absolute atomic E-state index is 12.7. The number of nitrogens with zero attached hydrogens (tertiary/aromatic N) is 2. The zero-order chi connectivity index (χ0) is 17.6. The van der Waals surface area contributed by atoms with Crippen LogP contribution in [0.25, 0.3) is 0 Å². The number of aryl methyl sites for hydroxylation is 1. The molecule has 2 aromatic heterocycles. The summed E-state index contributed by atoms with van der Waals surface area (Å²) in [7, 11) is 0. The topological polar surface area (TPSA) is 62.3 Å². The zero-order valence-electron chi connectivity index (χ0n) is 14.4. The summed E-state index contributed by atoms with van der Waals surface area (Å²) in [5, 5.41) is 4.82. The van der Waals surface area contributed by atoms with E-state index in [0.717, 1.165) is 37.1 Å². The Morgan fingerprint density at radius 3 is 3.04 bits per heavy atom. The van der Waals surface area contributed by atoms with E-state index in [4.69, 9.17) is 0 Å². The molecule has 1 N–H and O–H groups in total. The van der Waals surface area contributed by atoms with Gasteiger partial charge in [0.25, 0.3) is 0 Å². The van der Waals surface area contributed by atoms with Crippen molar-refractivity contribution in [3.8, 4) is 0 Å². The van der Waals surface area contributed by atoms with E-state index in [-0.39, 0.29) is 17.9 Å². The fourth-order valence-electron chi connectivity index (χ4n) is 3.26. The van der Waals surface area contributed by atoms with Crippen molar-refractivity contribution >= 4 is 23.2 Å². The molecule has 2 amide bonds. The number of hydrogen-bond acceptors (Lipinski definition) is 4. The van der Waals surface area contributed by atoms with E-state index in [0.29, 0.717) is 13.0 Å². The lowest BCUT2D eigenvalue weighted by Crippen LogP contribution is -2.30. The standard InChI is InChI=1S/C19H23N3O2S/c1-14(23)21-13-16-12-15(8-9-20-16)18-5-2-10-22(18)19(24)7-6-17-4-3-11-25-17/h3-4,8-9,11-12,18H,2,5-7,10,13H2,1H3,(H,21,23). The first kappa shape index (κ1) is 17.6. The Morgan fingerprint density at radius 2 is 2.28 bits per heavy atom. The van der Waals surface area contributed by atoms with Gasteiger partial charge in [-0.25, -0.2) is 0 Å². The van der Waals surface area contributed by atoms with Crippen molar-refractivity contribution < 1.29 is 9.59 Å². The number of carbonyl (C=O) groups is 2. The van der Waals surface area contributed by atoms with Crippen LogP contribution in [0.5, 0.6) is 0 Å². The van der Waals surface area contributed by atoms with Gasteiger partial charge in [-0.3, -0.25) is 14.6 Å². The number of aromatic nitrogens is 1. The Morgan fingerprint density at radius 1 is 1.40 bits per heavy atom. The van der Waals surface area contributed by atoms with Crippen LogP contribution < -0.4 is 5.32 Å². The molecule has 6 heteroatoms. The molecule has 3 heterocycles. The minimum atomic E-state index is -0.0709. The first-order valence-electron chi connectivity index (χ1n) is 8.64. The van der Waals surface area contributed by atoms with Crippen LogP contribution in [0.2, 0.25) is 0 Å². The largest absolute Gasteiger partial charge is 0.351 e. The fraction of sp³-hybridized carbons (Fsp3) is 0.421. The summed E-state index contributed by atoms with van der Waals surface area (Å²) >= 11 is 1.70. The van der Waals surface area contributed by atoms with Gasteiger partial charge in [0, 0.05) is 31.0 Å². The molecule has 0 aliphatic carbocycles. The average Bonchev–Trinajstić information content (AvgIpc) is 3.29. The summed E-state index contributed by atoms with van der Waals surface area (Å²) < 4.78 is 0. The molecule has 1 unspecified atom stereocenters. The molecule has 1 aliphatic heterocycles. The van der Waals surface area contributed by atoms with Gasteiger partial charge in [0.1, 0.15) is 0 Å². The van der Waals surface area contributed by atoms with E-state index >= 15 is 0 Å². The smallest absolute Gasteiger partial charge is 0.223 e. The molecule has 0 spiro atoms. The van der Waals surface area contributed by atoms with Gasteiger partial charge < -0.3 is 10.2 Å². The van der Waals surface area contributed by atoms with Crippen molar-refractivity contribution in [2.45, 2.75) is 45.2 Å². The zero-order valence-corrected chi connectivity index (χ0v) is 15.2. The Kier molecular flexibility index (Phi) is 5.81. The maximum Gasteiger partial charge on any atom is 0.223 e. The Bertz CT molecular complexity index is 730. The lowest BCUT2D eigenvalue weighted by atomic mass is 10.0. The van der Waals surface area contributed by atoms with Gasteiger partial charge in [0.15, 0.2) is 0 Å². The summed E-state index contributed by atoms with van der Waals surface area (Å²) in [6.07, 6.45) is 5.14. The fourth-order valence-corrected chi connectivity index (χ4v) is 3.97. The first-order valence-corrected chi connectivity index (χ1v) is 9.52. The van der Waals surface area contributed by atoms with Crippen LogP contribution in [-0.4, -0.2) is 28.2 Å². The number of hydrogen-bond donors (Lipinski definition) is 1. The monoisotopic (exact) mass is 357 g/mol. The highest BCUT2D eigenvalue weighted by Gasteiger charge is 2.29. The van der Waals surface area contributed by atoms with E-state index < -0.39 is 0 Å². The van der Waals surface area contributed by atoms with Crippen LogP contribution in [0.1, 0.15) is 48.4 Å². The van der Waals surface area contributed by atoms with Crippen molar-refractivity contribution in [3.63, 3.8) is 0 Å². The molecule has 1 fully saturated rings. The van der Waals surface area contributed by atoms with Crippen molar-refractivity contribution in [1.82, 2.24) is 15.2 Å². The number of amides is 2. The van der Waals surface area contributed by atoms with Crippen LogP contribution in [0.4, 0.5) is 0 Å². The van der Waals surface area contributed by atoms with E-state index in [9.17, 15) is 9.59 Å². The number of pyridine rings is 1. The third kappa shape index (κ3) is 4.66. The van der Waals surface area contributed by atoms with Gasteiger partial charge in [0.2, 0.25) is 11.8 Å². The molecule has 132 valence electrons. The van der Waals surface area contributed by atoms with Gasteiger partial charge in [-0.1, -0.05) is 6.07 Å². The summed E-state index contributed by atoms with van der Waals surface area (Å²) in [5.74, 6) is 0.148. The molecule has 5 nitrogen and oxygen atoms in total. The van der Waals surface area contributed by atoms with E-state index in [2.05, 4.69) is 16.4 Å². The van der Waals surface area contributed by atoms with Gasteiger partial charge in [-0.05, 0) is 48.4 Å². The highest BCUT2D eigenvalue weighted by Crippen LogP contribution is 2.32. The minimum Gasteiger partial charge on any atom is -0.351 e. The van der Waals surface area contributed by atoms with Crippen molar-refractivity contribution in [2.75, 3.05) is 6.54 Å². The molecule has 3 rings (SSSR count). The third-order valence-electron chi connectivity index (χ3n) is 4.48. The quantitative estimate of drug-likeness (QED) is 0.864. The van der Waals surface area contributed by atoms with E-state index in [1.54, 1.807) is 17.5 Å². The lowest BCUT2D eigenvalue weighted by Gasteiger charge is -2.25. The molecule has 0 radical (unpaired) electrons. The molecular weight excluding hydrogens is 334 g/mol. The maximum atomic E-state index is 12.7. The minimum absolute atomic E-state index is 0.0709. The molecule has 1 aliphatic rings. The molecule has 2 aromatic rings. The molecule has 0 aromatic carbocycles. The summed E-state index contributed by atoms with van der Waals surface area (Å²) in [6, 6.07) is 8.21. The predicted molar refractivity (Wildman–Crippen MR) is 98.1 cm³/mol.